The molecule has 0 aromatic heterocycles. The first kappa shape index (κ1) is 8.72. The van der Waals surface area contributed by atoms with Crippen LogP contribution in [0.2, 0.25) is 0 Å². The van der Waals surface area contributed by atoms with Crippen molar-refractivity contribution >= 4 is 5.78 Å². The van der Waals surface area contributed by atoms with Gasteiger partial charge in [0.15, 0.2) is 0 Å². The van der Waals surface area contributed by atoms with E-state index in [-0.39, 0.29) is 5.60 Å². The summed E-state index contributed by atoms with van der Waals surface area (Å²) in [5, 5.41) is 0. The Balaban J connectivity index is 2.58. The van der Waals surface area contributed by atoms with Crippen LogP contribution in [0.15, 0.2) is 0 Å². The van der Waals surface area contributed by atoms with Gasteiger partial charge in [-0.05, 0) is 19.8 Å². The minimum atomic E-state index is -0.173. The molecule has 2 nitrogen and oxygen atoms in total. The molecule has 1 unspecified atom stereocenters. The Labute approximate surface area is 67.9 Å². The highest BCUT2D eigenvalue weighted by atomic mass is 16.5. The van der Waals surface area contributed by atoms with E-state index >= 15 is 0 Å². The maximum Gasteiger partial charge on any atom is 0.135 e. The van der Waals surface area contributed by atoms with E-state index in [1.807, 2.05) is 6.92 Å². The van der Waals surface area contributed by atoms with Crippen molar-refractivity contribution in [2.24, 2.45) is 0 Å². The van der Waals surface area contributed by atoms with Gasteiger partial charge < -0.3 is 4.74 Å². The van der Waals surface area contributed by atoms with Gasteiger partial charge in [-0.2, -0.15) is 0 Å². The van der Waals surface area contributed by atoms with E-state index in [2.05, 4.69) is 0 Å². The third-order valence-corrected chi connectivity index (χ3v) is 2.48. The lowest BCUT2D eigenvalue weighted by Crippen LogP contribution is -2.28. The van der Waals surface area contributed by atoms with E-state index in [0.717, 1.165) is 25.7 Å². The molecule has 0 aromatic carbocycles. The Kier molecular flexibility index (Phi) is 2.66. The van der Waals surface area contributed by atoms with E-state index in [1.54, 1.807) is 7.11 Å². The van der Waals surface area contributed by atoms with Crippen molar-refractivity contribution < 1.29 is 9.53 Å². The second-order valence-electron chi connectivity index (χ2n) is 3.58. The van der Waals surface area contributed by atoms with Gasteiger partial charge in [0.05, 0.1) is 5.60 Å². The number of carbonyl (C=O) groups is 1. The number of carbonyl (C=O) groups excluding carboxylic acids is 1. The minimum Gasteiger partial charge on any atom is -0.378 e. The normalized spacial score (nSPS) is 33.5. The fourth-order valence-corrected chi connectivity index (χ4v) is 1.59. The van der Waals surface area contributed by atoms with Crippen LogP contribution in [0.3, 0.4) is 0 Å². The van der Waals surface area contributed by atoms with Gasteiger partial charge in [0.2, 0.25) is 0 Å². The molecular weight excluding hydrogens is 140 g/mol. The highest BCUT2D eigenvalue weighted by molar-refractivity contribution is 5.79. The van der Waals surface area contributed by atoms with Crippen LogP contribution in [0.4, 0.5) is 0 Å². The number of hydrogen-bond donors (Lipinski definition) is 0. The zero-order chi connectivity index (χ0) is 8.32. The van der Waals surface area contributed by atoms with E-state index < -0.39 is 0 Å². The van der Waals surface area contributed by atoms with E-state index in [0.29, 0.717) is 12.2 Å². The Morgan fingerprint density at radius 2 is 2.18 bits per heavy atom. The first-order valence-electron chi connectivity index (χ1n) is 4.23. The Morgan fingerprint density at radius 1 is 1.45 bits per heavy atom. The highest BCUT2D eigenvalue weighted by Gasteiger charge is 2.28. The van der Waals surface area contributed by atoms with Crippen LogP contribution in [-0.2, 0) is 9.53 Å². The van der Waals surface area contributed by atoms with Gasteiger partial charge in [-0.1, -0.05) is 6.42 Å². The van der Waals surface area contributed by atoms with Crippen LogP contribution in [0.25, 0.3) is 0 Å². The summed E-state index contributed by atoms with van der Waals surface area (Å²) in [6, 6.07) is 0. The van der Waals surface area contributed by atoms with E-state index in [9.17, 15) is 4.79 Å². The topological polar surface area (TPSA) is 26.3 Å². The van der Waals surface area contributed by atoms with Gasteiger partial charge in [-0.15, -0.1) is 0 Å². The average Bonchev–Trinajstić information content (AvgIpc) is 2.13. The molecule has 11 heavy (non-hydrogen) atoms. The number of ether oxygens (including phenoxy) is 1. The molecule has 1 aliphatic rings. The van der Waals surface area contributed by atoms with Crippen molar-refractivity contribution in [3.8, 4) is 0 Å². The summed E-state index contributed by atoms with van der Waals surface area (Å²) >= 11 is 0. The third kappa shape index (κ3) is 2.29. The molecule has 0 bridgehead atoms. The van der Waals surface area contributed by atoms with Gasteiger partial charge in [-0.3, -0.25) is 4.79 Å². The second-order valence-corrected chi connectivity index (χ2v) is 3.58. The van der Waals surface area contributed by atoms with Crippen LogP contribution in [-0.4, -0.2) is 18.5 Å². The maximum atomic E-state index is 11.2. The van der Waals surface area contributed by atoms with Gasteiger partial charge in [0, 0.05) is 20.0 Å². The molecule has 0 aliphatic heterocycles. The highest BCUT2D eigenvalue weighted by Crippen LogP contribution is 2.27. The van der Waals surface area contributed by atoms with Gasteiger partial charge in [0.1, 0.15) is 5.78 Å². The summed E-state index contributed by atoms with van der Waals surface area (Å²) in [7, 11) is 1.69. The van der Waals surface area contributed by atoms with Crippen LogP contribution >= 0.6 is 0 Å². The molecule has 0 heterocycles. The quantitative estimate of drug-likeness (QED) is 0.542. The van der Waals surface area contributed by atoms with Gasteiger partial charge in [-0.25, -0.2) is 0 Å². The zero-order valence-corrected chi connectivity index (χ0v) is 7.35. The molecule has 1 atom stereocenters. The van der Waals surface area contributed by atoms with Gasteiger partial charge in [0.25, 0.3) is 0 Å². The maximum absolute atomic E-state index is 11.2. The van der Waals surface area contributed by atoms with Crippen molar-refractivity contribution in [2.75, 3.05) is 7.11 Å². The second kappa shape index (κ2) is 3.35. The Hall–Kier alpha value is -0.370. The molecule has 1 rings (SSSR count). The van der Waals surface area contributed by atoms with Crippen molar-refractivity contribution in [1.82, 2.24) is 0 Å². The number of rotatable bonds is 1. The van der Waals surface area contributed by atoms with E-state index in [4.69, 9.17) is 4.74 Å². The summed E-state index contributed by atoms with van der Waals surface area (Å²) in [5.41, 5.74) is -0.173. The monoisotopic (exact) mass is 156 g/mol. The first-order chi connectivity index (χ1) is 5.16. The Bertz CT molecular complexity index is 154. The van der Waals surface area contributed by atoms with Crippen LogP contribution in [0.1, 0.15) is 39.0 Å². The SMILES string of the molecule is COC1(C)CCCCC(=O)C1. The fourth-order valence-electron chi connectivity index (χ4n) is 1.59. The molecular formula is C9H16O2. The van der Waals surface area contributed by atoms with Crippen LogP contribution in [0.5, 0.6) is 0 Å². The summed E-state index contributed by atoms with van der Waals surface area (Å²) < 4.78 is 5.31. The minimum absolute atomic E-state index is 0.173. The summed E-state index contributed by atoms with van der Waals surface area (Å²) in [6.07, 6.45) is 4.53. The summed E-state index contributed by atoms with van der Waals surface area (Å²) in [4.78, 5) is 11.2. The summed E-state index contributed by atoms with van der Waals surface area (Å²) in [5.74, 6) is 0.354. The van der Waals surface area contributed by atoms with Crippen LogP contribution < -0.4 is 0 Å². The number of ketones is 1. The molecule has 1 aliphatic carbocycles. The van der Waals surface area contributed by atoms with Crippen molar-refractivity contribution in [3.05, 3.63) is 0 Å². The molecule has 0 N–H and O–H groups in total. The molecule has 0 aromatic rings. The molecule has 0 spiro atoms. The summed E-state index contributed by atoms with van der Waals surface area (Å²) in [6.45, 7) is 2.02. The predicted molar refractivity (Wildman–Crippen MR) is 43.5 cm³/mol. The smallest absolute Gasteiger partial charge is 0.135 e. The Morgan fingerprint density at radius 3 is 2.82 bits per heavy atom. The van der Waals surface area contributed by atoms with E-state index in [1.165, 1.54) is 0 Å². The predicted octanol–water partition coefficient (Wildman–Crippen LogP) is 1.92. The van der Waals surface area contributed by atoms with Crippen molar-refractivity contribution in [2.45, 2.75) is 44.6 Å². The molecule has 1 saturated carbocycles. The van der Waals surface area contributed by atoms with Crippen LogP contribution in [0, 0.1) is 0 Å². The first-order valence-corrected chi connectivity index (χ1v) is 4.23. The lowest BCUT2D eigenvalue weighted by molar-refractivity contribution is -0.123. The lowest BCUT2D eigenvalue weighted by atomic mass is 9.96. The number of methoxy groups -OCH3 is 1. The molecule has 1 fully saturated rings. The molecule has 64 valence electrons. The van der Waals surface area contributed by atoms with Crippen molar-refractivity contribution in [3.63, 3.8) is 0 Å². The number of hydrogen-bond acceptors (Lipinski definition) is 2. The fraction of sp³-hybridized carbons (Fsp3) is 0.889. The van der Waals surface area contributed by atoms with Crippen molar-refractivity contribution in [1.29, 1.82) is 0 Å². The molecule has 0 radical (unpaired) electrons. The van der Waals surface area contributed by atoms with Gasteiger partial charge >= 0.3 is 0 Å². The average molecular weight is 156 g/mol. The molecule has 0 saturated heterocycles. The standard InChI is InChI=1S/C9H16O2/c1-9(11-2)6-4-3-5-8(10)7-9/h3-7H2,1-2H3. The zero-order valence-electron chi connectivity index (χ0n) is 7.35. The third-order valence-electron chi connectivity index (χ3n) is 2.48. The number of Topliss-reactive ketones (excluding diaryl/α,β-unsaturated/α-hetero) is 1. The molecule has 0 amide bonds. The molecule has 2 heteroatoms. The largest absolute Gasteiger partial charge is 0.378 e. The lowest BCUT2D eigenvalue weighted by Gasteiger charge is -2.25.